The first-order valence-corrected chi connectivity index (χ1v) is 11.9. The molecule has 1 aliphatic heterocycles. The van der Waals surface area contributed by atoms with Crippen LogP contribution in [0, 0.1) is 0 Å². The minimum atomic E-state index is -0.261. The number of hydrogen-bond acceptors (Lipinski definition) is 1. The van der Waals surface area contributed by atoms with E-state index in [1.165, 1.54) is 24.9 Å². The van der Waals surface area contributed by atoms with Gasteiger partial charge in [0.25, 0.3) is 0 Å². The van der Waals surface area contributed by atoms with E-state index in [2.05, 4.69) is 42.7 Å². The fourth-order valence-electron chi connectivity index (χ4n) is 5.28. The molecule has 0 radical (unpaired) electrons. The van der Waals surface area contributed by atoms with Crippen LogP contribution in [0.15, 0.2) is 91.0 Å². The van der Waals surface area contributed by atoms with Crippen LogP contribution in [0.1, 0.15) is 48.3 Å². The van der Waals surface area contributed by atoms with E-state index in [1.807, 2.05) is 60.7 Å². The van der Waals surface area contributed by atoms with Gasteiger partial charge in [-0.25, -0.2) is 0 Å². The Morgan fingerprint density at radius 1 is 0.906 bits per heavy atom. The van der Waals surface area contributed by atoms with E-state index in [0.29, 0.717) is 6.04 Å². The smallest absolute Gasteiger partial charge is 0.232 e. The molecule has 1 aliphatic rings. The molecular weight excluding hydrogens is 392 g/mol. The zero-order valence-corrected chi connectivity index (χ0v) is 19.1. The highest BCUT2D eigenvalue weighted by atomic mass is 16.1. The van der Waals surface area contributed by atoms with Crippen LogP contribution in [0.25, 0.3) is 0 Å². The Kier molecular flexibility index (Phi) is 7.39. The Labute approximate surface area is 192 Å². The minimum Gasteiger partial charge on any atom is -0.355 e. The van der Waals surface area contributed by atoms with Crippen LogP contribution in [0.2, 0.25) is 0 Å². The maximum atomic E-state index is 13.2. The molecule has 3 aromatic carbocycles. The van der Waals surface area contributed by atoms with Gasteiger partial charge < -0.3 is 9.80 Å². The van der Waals surface area contributed by atoms with Crippen molar-refractivity contribution >= 4 is 5.91 Å². The second kappa shape index (κ2) is 10.6. The lowest BCUT2D eigenvalue weighted by atomic mass is 9.90. The summed E-state index contributed by atoms with van der Waals surface area (Å²) in [5, 5.41) is 3.23. The van der Waals surface area contributed by atoms with Gasteiger partial charge in [-0.15, -0.1) is 0 Å². The van der Waals surface area contributed by atoms with Gasteiger partial charge in [0.05, 0.1) is 25.6 Å². The van der Waals surface area contributed by atoms with Crippen molar-refractivity contribution in [2.45, 2.75) is 44.2 Å². The summed E-state index contributed by atoms with van der Waals surface area (Å²) >= 11 is 0. The number of carbonyl (C=O) groups excluding carboxylic acids is 1. The topological polar surface area (TPSA) is 29.1 Å². The number of likely N-dealkylation sites (tertiary alicyclic amines) is 1. The van der Waals surface area contributed by atoms with E-state index in [-0.39, 0.29) is 11.8 Å². The fourth-order valence-corrected chi connectivity index (χ4v) is 5.28. The van der Waals surface area contributed by atoms with Crippen molar-refractivity contribution in [3.05, 3.63) is 108 Å². The third kappa shape index (κ3) is 5.46. The number of hydrogen-bond donors (Lipinski definition) is 1. The van der Waals surface area contributed by atoms with E-state index in [1.54, 1.807) is 0 Å². The monoisotopic (exact) mass is 427 g/mol. The molecule has 1 fully saturated rings. The minimum absolute atomic E-state index is 0.0929. The van der Waals surface area contributed by atoms with Gasteiger partial charge in [-0.1, -0.05) is 91.0 Å². The number of rotatable bonds is 9. The molecule has 1 saturated heterocycles. The van der Waals surface area contributed by atoms with Gasteiger partial charge in [-0.05, 0) is 17.5 Å². The normalized spacial score (nSPS) is 20.4. The quantitative estimate of drug-likeness (QED) is 0.353. The molecular formula is C29H35N2O+. The summed E-state index contributed by atoms with van der Waals surface area (Å²) in [5.41, 5.74) is 3.50. The molecule has 2 atom stereocenters. The summed E-state index contributed by atoms with van der Waals surface area (Å²) in [6, 6.07) is 31.7. The molecule has 32 heavy (non-hydrogen) atoms. The van der Waals surface area contributed by atoms with Gasteiger partial charge in [0, 0.05) is 31.4 Å². The molecule has 3 aromatic rings. The van der Waals surface area contributed by atoms with Crippen LogP contribution < -0.4 is 5.32 Å². The number of benzene rings is 3. The van der Waals surface area contributed by atoms with Crippen molar-refractivity contribution in [1.29, 1.82) is 0 Å². The predicted octanol–water partition coefficient (Wildman–Crippen LogP) is 5.52. The first-order valence-electron chi connectivity index (χ1n) is 11.9. The Hall–Kier alpha value is -2.91. The molecule has 2 unspecified atom stereocenters. The van der Waals surface area contributed by atoms with Crippen LogP contribution in [0.5, 0.6) is 0 Å². The fraction of sp³-hybridized carbons (Fsp3) is 0.345. The van der Waals surface area contributed by atoms with Gasteiger partial charge in [-0.2, -0.15) is 0 Å². The van der Waals surface area contributed by atoms with Gasteiger partial charge >= 0.3 is 0 Å². The van der Waals surface area contributed by atoms with Crippen LogP contribution in [-0.2, 0) is 11.3 Å². The first-order chi connectivity index (χ1) is 15.7. The average molecular weight is 428 g/mol. The van der Waals surface area contributed by atoms with Crippen molar-refractivity contribution < 1.29 is 9.28 Å². The Balaban J connectivity index is 1.33. The first kappa shape index (κ1) is 22.3. The van der Waals surface area contributed by atoms with Crippen LogP contribution in [-0.4, -0.2) is 36.6 Å². The molecule has 0 saturated carbocycles. The largest absolute Gasteiger partial charge is 0.355 e. The van der Waals surface area contributed by atoms with E-state index >= 15 is 0 Å². The van der Waals surface area contributed by atoms with Crippen molar-refractivity contribution in [1.82, 2.24) is 5.32 Å². The van der Waals surface area contributed by atoms with Gasteiger partial charge in [0.2, 0.25) is 5.91 Å². The van der Waals surface area contributed by atoms with Gasteiger partial charge in [0.15, 0.2) is 0 Å². The molecule has 0 aromatic heterocycles. The number of amides is 1. The molecule has 1 amide bonds. The molecule has 1 heterocycles. The molecule has 4 rings (SSSR count). The number of quaternary nitrogens is 1. The Morgan fingerprint density at radius 3 is 2.06 bits per heavy atom. The van der Waals surface area contributed by atoms with Gasteiger partial charge in [-0.3, -0.25) is 4.79 Å². The lowest BCUT2D eigenvalue weighted by molar-refractivity contribution is -0.934. The summed E-state index contributed by atoms with van der Waals surface area (Å²) in [6.45, 7) is 3.08. The highest BCUT2D eigenvalue weighted by Gasteiger charge is 2.37. The molecule has 3 heteroatoms. The lowest BCUT2D eigenvalue weighted by Crippen LogP contribution is -2.47. The highest BCUT2D eigenvalue weighted by Crippen LogP contribution is 2.30. The number of nitrogens with zero attached hydrogens (tertiary/aromatic N) is 1. The SMILES string of the molecule is C[N+]1(Cc2ccccc2)CCCC1CCCNC(=O)C(c1ccccc1)c1ccccc1. The molecule has 1 N–H and O–H groups in total. The van der Waals surface area contributed by atoms with Crippen LogP contribution in [0.4, 0.5) is 0 Å². The number of nitrogens with one attached hydrogen (secondary N) is 1. The van der Waals surface area contributed by atoms with Gasteiger partial charge in [0.1, 0.15) is 6.54 Å². The van der Waals surface area contributed by atoms with Crippen molar-refractivity contribution in [3.8, 4) is 0 Å². The highest BCUT2D eigenvalue weighted by molar-refractivity contribution is 5.87. The number of carbonyl (C=O) groups is 1. The predicted molar refractivity (Wildman–Crippen MR) is 131 cm³/mol. The summed E-state index contributed by atoms with van der Waals surface area (Å²) in [6.07, 6.45) is 4.76. The average Bonchev–Trinajstić information content (AvgIpc) is 3.18. The summed E-state index contributed by atoms with van der Waals surface area (Å²) in [5.74, 6) is -0.168. The Bertz CT molecular complexity index is 934. The molecule has 3 nitrogen and oxygen atoms in total. The van der Waals surface area contributed by atoms with E-state index in [4.69, 9.17) is 0 Å². The Morgan fingerprint density at radius 2 is 1.47 bits per heavy atom. The summed E-state index contributed by atoms with van der Waals surface area (Å²) in [4.78, 5) is 13.2. The molecule has 0 spiro atoms. The van der Waals surface area contributed by atoms with Crippen molar-refractivity contribution in [2.75, 3.05) is 20.1 Å². The second-order valence-corrected chi connectivity index (χ2v) is 9.33. The van der Waals surface area contributed by atoms with Crippen LogP contribution >= 0.6 is 0 Å². The van der Waals surface area contributed by atoms with E-state index < -0.39 is 0 Å². The van der Waals surface area contributed by atoms with Crippen molar-refractivity contribution in [2.24, 2.45) is 0 Å². The van der Waals surface area contributed by atoms with E-state index in [9.17, 15) is 4.79 Å². The molecule has 0 aliphatic carbocycles. The maximum Gasteiger partial charge on any atom is 0.232 e. The lowest BCUT2D eigenvalue weighted by Gasteiger charge is -2.36. The van der Waals surface area contributed by atoms with E-state index in [0.717, 1.165) is 41.5 Å². The van der Waals surface area contributed by atoms with Crippen LogP contribution in [0.3, 0.4) is 0 Å². The van der Waals surface area contributed by atoms with Crippen molar-refractivity contribution in [3.63, 3.8) is 0 Å². The third-order valence-electron chi connectivity index (χ3n) is 7.02. The maximum absolute atomic E-state index is 13.2. The molecule has 166 valence electrons. The summed E-state index contributed by atoms with van der Waals surface area (Å²) in [7, 11) is 2.41. The summed E-state index contributed by atoms with van der Waals surface area (Å²) < 4.78 is 1.12. The zero-order chi connectivity index (χ0) is 22.2. The third-order valence-corrected chi connectivity index (χ3v) is 7.02. The standard InChI is InChI=1S/C29H34N2O/c1-31(23-24-13-5-2-6-14-24)22-12-20-27(31)19-11-21-30-29(32)28(25-15-7-3-8-16-25)26-17-9-4-10-18-26/h2-10,13-18,27-28H,11-12,19-23H2,1H3/p+1. The second-order valence-electron chi connectivity index (χ2n) is 9.33. The molecule has 0 bridgehead atoms. The zero-order valence-electron chi connectivity index (χ0n) is 19.1.